The van der Waals surface area contributed by atoms with Crippen LogP contribution in [0.5, 0.6) is 0 Å². The number of hydrogen-bond donors (Lipinski definition) is 0. The number of hydrogen-bond acceptors (Lipinski definition) is 4. The predicted molar refractivity (Wildman–Crippen MR) is 101 cm³/mol. The van der Waals surface area contributed by atoms with Crippen LogP contribution in [0.4, 0.5) is 5.69 Å². The molecule has 3 heterocycles. The van der Waals surface area contributed by atoms with Crippen LogP contribution in [-0.4, -0.2) is 41.0 Å². The first kappa shape index (κ1) is 16.2. The third-order valence-electron chi connectivity index (χ3n) is 5.64. The molecule has 0 aromatic heterocycles. The zero-order valence-electron chi connectivity index (χ0n) is 14.1. The minimum Gasteiger partial charge on any atom is -0.274 e. The van der Waals surface area contributed by atoms with E-state index in [4.69, 9.17) is 0 Å². The van der Waals surface area contributed by atoms with Crippen molar-refractivity contribution in [2.24, 2.45) is 5.92 Å². The van der Waals surface area contributed by atoms with Crippen LogP contribution in [0.25, 0.3) is 0 Å². The maximum atomic E-state index is 13.4. The number of rotatable bonds is 2. The van der Waals surface area contributed by atoms with Crippen molar-refractivity contribution in [2.45, 2.75) is 18.5 Å². The molecule has 0 spiro atoms. The van der Waals surface area contributed by atoms with Gasteiger partial charge in [0.2, 0.25) is 5.91 Å². The lowest BCUT2D eigenvalue weighted by atomic mass is 9.90. The Labute approximate surface area is 160 Å². The zero-order chi connectivity index (χ0) is 17.8. The minimum atomic E-state index is -0.401. The fourth-order valence-corrected chi connectivity index (χ4v) is 5.10. The standard InChI is InChI=1S/C20H18BrN3O2/c21-14-9-4-5-10-15(14)24-19(25)16-17(13-7-2-1-3-8-13)22-11-6-12-23(22)18(16)20(24)26/h1-5,7-10,16-18H,6,11-12H2/t16-,17-,18+/m0/s1. The Balaban J connectivity index is 1.61. The van der Waals surface area contributed by atoms with Gasteiger partial charge in [-0.15, -0.1) is 0 Å². The molecule has 5 rings (SSSR count). The highest BCUT2D eigenvalue weighted by Gasteiger charge is 2.62. The number of nitrogens with zero attached hydrogens (tertiary/aromatic N) is 3. The summed E-state index contributed by atoms with van der Waals surface area (Å²) in [7, 11) is 0. The topological polar surface area (TPSA) is 43.9 Å². The van der Waals surface area contributed by atoms with Crippen molar-refractivity contribution >= 4 is 33.4 Å². The molecule has 3 fully saturated rings. The number of para-hydroxylation sites is 1. The van der Waals surface area contributed by atoms with Gasteiger partial charge >= 0.3 is 0 Å². The maximum Gasteiger partial charge on any atom is 0.253 e. The van der Waals surface area contributed by atoms with Crippen molar-refractivity contribution in [1.82, 2.24) is 10.0 Å². The molecule has 5 nitrogen and oxygen atoms in total. The van der Waals surface area contributed by atoms with Crippen LogP contribution in [-0.2, 0) is 9.59 Å². The second-order valence-electron chi connectivity index (χ2n) is 6.97. The second kappa shape index (κ2) is 6.01. The van der Waals surface area contributed by atoms with Gasteiger partial charge in [0, 0.05) is 17.6 Å². The summed E-state index contributed by atoms with van der Waals surface area (Å²) in [4.78, 5) is 28.1. The molecule has 3 aliphatic heterocycles. The van der Waals surface area contributed by atoms with E-state index in [1.807, 2.05) is 42.5 Å². The molecule has 0 aliphatic carbocycles. The van der Waals surface area contributed by atoms with E-state index >= 15 is 0 Å². The van der Waals surface area contributed by atoms with Crippen LogP contribution in [0.1, 0.15) is 18.0 Å². The summed E-state index contributed by atoms with van der Waals surface area (Å²) >= 11 is 3.49. The first-order valence-electron chi connectivity index (χ1n) is 8.89. The van der Waals surface area contributed by atoms with Crippen molar-refractivity contribution in [3.63, 3.8) is 0 Å². The molecule has 3 atom stereocenters. The lowest BCUT2D eigenvalue weighted by Gasteiger charge is -2.30. The average Bonchev–Trinajstić information content (AvgIpc) is 3.29. The Kier molecular flexibility index (Phi) is 3.74. The van der Waals surface area contributed by atoms with Gasteiger partial charge in [0.15, 0.2) is 0 Å². The van der Waals surface area contributed by atoms with E-state index in [0.717, 1.165) is 29.5 Å². The molecule has 0 unspecified atom stereocenters. The maximum absolute atomic E-state index is 13.4. The van der Waals surface area contributed by atoms with Crippen LogP contribution >= 0.6 is 15.9 Å². The molecule has 0 radical (unpaired) electrons. The highest BCUT2D eigenvalue weighted by Crippen LogP contribution is 2.49. The molecular formula is C20H18BrN3O2. The van der Waals surface area contributed by atoms with E-state index in [-0.39, 0.29) is 23.8 Å². The first-order chi connectivity index (χ1) is 12.7. The van der Waals surface area contributed by atoms with Crippen molar-refractivity contribution in [2.75, 3.05) is 18.0 Å². The molecule has 3 saturated heterocycles. The van der Waals surface area contributed by atoms with Crippen molar-refractivity contribution < 1.29 is 9.59 Å². The van der Waals surface area contributed by atoms with Crippen LogP contribution in [0.15, 0.2) is 59.1 Å². The number of carbonyl (C=O) groups is 2. The second-order valence-corrected chi connectivity index (χ2v) is 7.82. The van der Waals surface area contributed by atoms with E-state index in [2.05, 4.69) is 38.1 Å². The Morgan fingerprint density at radius 3 is 2.19 bits per heavy atom. The number of halogens is 1. The summed E-state index contributed by atoms with van der Waals surface area (Å²) in [6.07, 6.45) is 1.02. The molecule has 0 saturated carbocycles. The van der Waals surface area contributed by atoms with E-state index in [9.17, 15) is 9.59 Å². The first-order valence-corrected chi connectivity index (χ1v) is 9.68. The summed E-state index contributed by atoms with van der Waals surface area (Å²) in [5, 5.41) is 4.36. The smallest absolute Gasteiger partial charge is 0.253 e. The van der Waals surface area contributed by atoms with Gasteiger partial charge in [0.1, 0.15) is 6.04 Å². The number of fused-ring (bicyclic) bond motifs is 3. The van der Waals surface area contributed by atoms with E-state index in [1.165, 1.54) is 4.90 Å². The molecule has 132 valence electrons. The predicted octanol–water partition coefficient (Wildman–Crippen LogP) is 2.98. The van der Waals surface area contributed by atoms with E-state index < -0.39 is 6.04 Å². The molecule has 3 aliphatic rings. The summed E-state index contributed by atoms with van der Waals surface area (Å²) in [5.41, 5.74) is 1.73. The monoisotopic (exact) mass is 411 g/mol. The Morgan fingerprint density at radius 1 is 0.808 bits per heavy atom. The summed E-state index contributed by atoms with van der Waals surface area (Å²) in [6.45, 7) is 1.72. The molecule has 2 aromatic rings. The normalized spacial score (nSPS) is 28.7. The van der Waals surface area contributed by atoms with Crippen LogP contribution < -0.4 is 4.90 Å². The van der Waals surface area contributed by atoms with Crippen molar-refractivity contribution in [3.05, 3.63) is 64.6 Å². The highest BCUT2D eigenvalue weighted by molar-refractivity contribution is 9.10. The largest absolute Gasteiger partial charge is 0.274 e. The van der Waals surface area contributed by atoms with Crippen LogP contribution in [0.3, 0.4) is 0 Å². The van der Waals surface area contributed by atoms with Gasteiger partial charge in [-0.25, -0.2) is 14.9 Å². The molecule has 26 heavy (non-hydrogen) atoms. The number of hydrazine groups is 1. The van der Waals surface area contributed by atoms with Crippen molar-refractivity contribution in [3.8, 4) is 0 Å². The molecule has 6 heteroatoms. The van der Waals surface area contributed by atoms with Gasteiger partial charge in [0.05, 0.1) is 17.6 Å². The minimum absolute atomic E-state index is 0.0763. The zero-order valence-corrected chi connectivity index (χ0v) is 15.7. The van der Waals surface area contributed by atoms with Gasteiger partial charge in [0.25, 0.3) is 5.91 Å². The third kappa shape index (κ3) is 2.16. The summed E-state index contributed by atoms with van der Waals surface area (Å²) in [5.74, 6) is -0.579. The van der Waals surface area contributed by atoms with Gasteiger partial charge in [-0.3, -0.25) is 9.59 Å². The Hall–Kier alpha value is -2.02. The fraction of sp³-hybridized carbons (Fsp3) is 0.300. The average molecular weight is 412 g/mol. The number of imide groups is 1. The Morgan fingerprint density at radius 2 is 1.46 bits per heavy atom. The molecule has 2 aromatic carbocycles. The lowest BCUT2D eigenvalue weighted by Crippen LogP contribution is -2.44. The van der Waals surface area contributed by atoms with Crippen LogP contribution in [0, 0.1) is 5.92 Å². The molecular weight excluding hydrogens is 394 g/mol. The van der Waals surface area contributed by atoms with Gasteiger partial charge in [-0.05, 0) is 40.0 Å². The van der Waals surface area contributed by atoms with E-state index in [0.29, 0.717) is 5.69 Å². The molecule has 0 N–H and O–H groups in total. The molecule has 2 amide bonds. The number of benzene rings is 2. The number of carbonyl (C=O) groups excluding carboxylic acids is 2. The van der Waals surface area contributed by atoms with Gasteiger partial charge in [-0.1, -0.05) is 42.5 Å². The van der Waals surface area contributed by atoms with Crippen molar-refractivity contribution in [1.29, 1.82) is 0 Å². The fourth-order valence-electron chi connectivity index (χ4n) is 4.63. The number of anilines is 1. The summed E-state index contributed by atoms with van der Waals surface area (Å²) in [6, 6.07) is 17.0. The third-order valence-corrected chi connectivity index (χ3v) is 6.31. The Bertz CT molecular complexity index is 888. The van der Waals surface area contributed by atoms with Gasteiger partial charge < -0.3 is 0 Å². The highest BCUT2D eigenvalue weighted by atomic mass is 79.9. The SMILES string of the molecule is O=C1[C@@H]2[C@H](C(=O)N1c1ccccc1Br)N1CCCN1[C@H]2c1ccccc1. The quantitative estimate of drug-likeness (QED) is 0.712. The molecule has 0 bridgehead atoms. The summed E-state index contributed by atoms with van der Waals surface area (Å²) < 4.78 is 0.760. The van der Waals surface area contributed by atoms with E-state index in [1.54, 1.807) is 0 Å². The van der Waals surface area contributed by atoms with Crippen LogP contribution in [0.2, 0.25) is 0 Å². The lowest BCUT2D eigenvalue weighted by molar-refractivity contribution is -0.126. The van der Waals surface area contributed by atoms with Gasteiger partial charge in [-0.2, -0.15) is 0 Å². The number of amides is 2.